The van der Waals surface area contributed by atoms with Crippen LogP contribution in [0.4, 0.5) is 11.6 Å². The van der Waals surface area contributed by atoms with E-state index in [0.29, 0.717) is 18.4 Å². The Morgan fingerprint density at radius 2 is 1.79 bits per heavy atom. The number of rotatable bonds is 5. The van der Waals surface area contributed by atoms with Crippen molar-refractivity contribution in [2.75, 3.05) is 42.9 Å². The number of benzene rings is 2. The molecule has 2 aromatic carbocycles. The molecule has 0 bridgehead atoms. The monoisotopic (exact) mass is 391 g/mol. The van der Waals surface area contributed by atoms with Crippen molar-refractivity contribution in [2.24, 2.45) is 0 Å². The minimum absolute atomic E-state index is 0.0121. The molecule has 7 heteroatoms. The van der Waals surface area contributed by atoms with Crippen LogP contribution in [-0.2, 0) is 4.79 Å². The van der Waals surface area contributed by atoms with E-state index in [-0.39, 0.29) is 5.91 Å². The van der Waals surface area contributed by atoms with Gasteiger partial charge in [-0.05, 0) is 48.3 Å². The molecule has 1 fully saturated rings. The topological polar surface area (TPSA) is 74.5 Å². The average molecular weight is 391 g/mol. The van der Waals surface area contributed by atoms with Gasteiger partial charge in [-0.25, -0.2) is 0 Å². The third-order valence-corrected chi connectivity index (χ3v) is 5.34. The summed E-state index contributed by atoms with van der Waals surface area (Å²) in [5.74, 6) is 1.14. The second-order valence-electron chi connectivity index (χ2n) is 7.32. The number of nitrogens with zero attached hydrogens (tertiary/aromatic N) is 4. The molecule has 1 saturated heterocycles. The molecule has 3 aromatic rings. The first-order valence-electron chi connectivity index (χ1n) is 9.82. The fourth-order valence-corrected chi connectivity index (χ4v) is 3.43. The highest BCUT2D eigenvalue weighted by Crippen LogP contribution is 2.21. The molecule has 2 heterocycles. The smallest absolute Gasteiger partial charge is 0.266 e. The Bertz CT molecular complexity index is 978. The van der Waals surface area contributed by atoms with Crippen LogP contribution in [-0.4, -0.2) is 53.7 Å². The maximum atomic E-state index is 12.4. The number of aryl methyl sites for hydroxylation is 1. The van der Waals surface area contributed by atoms with Crippen molar-refractivity contribution >= 4 is 17.5 Å². The van der Waals surface area contributed by atoms with E-state index in [1.807, 2.05) is 62.4 Å². The van der Waals surface area contributed by atoms with Gasteiger partial charge in [0.25, 0.3) is 11.8 Å². The molecule has 150 valence electrons. The molecule has 4 rings (SSSR count). The lowest BCUT2D eigenvalue weighted by molar-refractivity contribution is -0.117. The van der Waals surface area contributed by atoms with Crippen molar-refractivity contribution in [2.45, 2.75) is 13.8 Å². The second-order valence-corrected chi connectivity index (χ2v) is 7.32. The van der Waals surface area contributed by atoms with Gasteiger partial charge in [0, 0.05) is 37.4 Å². The van der Waals surface area contributed by atoms with Crippen molar-refractivity contribution in [1.29, 1.82) is 0 Å². The van der Waals surface area contributed by atoms with Gasteiger partial charge in [0.05, 0.1) is 6.54 Å². The molecule has 1 aliphatic heterocycles. The number of piperazine rings is 1. The molecule has 1 aliphatic rings. The lowest BCUT2D eigenvalue weighted by Gasteiger charge is -2.33. The minimum atomic E-state index is 0.0121. The van der Waals surface area contributed by atoms with E-state index in [1.165, 1.54) is 5.56 Å². The number of aromatic nitrogens is 2. The van der Waals surface area contributed by atoms with E-state index < -0.39 is 0 Å². The number of amides is 1. The Hall–Kier alpha value is -3.19. The highest BCUT2D eigenvalue weighted by atomic mass is 16.5. The van der Waals surface area contributed by atoms with Crippen LogP contribution in [0.25, 0.3) is 11.5 Å². The molecule has 0 aliphatic carbocycles. The first-order chi connectivity index (χ1) is 14.1. The summed E-state index contributed by atoms with van der Waals surface area (Å²) in [6, 6.07) is 15.7. The van der Waals surface area contributed by atoms with Crippen LogP contribution in [0.3, 0.4) is 0 Å². The van der Waals surface area contributed by atoms with Crippen LogP contribution in [0.1, 0.15) is 11.1 Å². The van der Waals surface area contributed by atoms with E-state index >= 15 is 0 Å². The largest absolute Gasteiger partial charge is 0.336 e. The van der Waals surface area contributed by atoms with Gasteiger partial charge >= 0.3 is 0 Å². The normalized spacial score (nSPS) is 14.8. The Labute approximate surface area is 170 Å². The van der Waals surface area contributed by atoms with Crippen LogP contribution in [0.15, 0.2) is 53.1 Å². The maximum Gasteiger partial charge on any atom is 0.266 e. The Kier molecular flexibility index (Phi) is 5.57. The summed E-state index contributed by atoms with van der Waals surface area (Å²) in [6.45, 7) is 7.51. The number of carbonyl (C=O) groups excluding carboxylic acids is 1. The number of anilines is 2. The van der Waals surface area contributed by atoms with Crippen molar-refractivity contribution in [1.82, 2.24) is 15.0 Å². The predicted octanol–water partition coefficient (Wildman–Crippen LogP) is 3.11. The van der Waals surface area contributed by atoms with Gasteiger partial charge in [0.1, 0.15) is 0 Å². The Balaban J connectivity index is 1.30. The molecule has 0 radical (unpaired) electrons. The number of carbonyl (C=O) groups is 1. The van der Waals surface area contributed by atoms with E-state index in [2.05, 4.69) is 25.3 Å². The van der Waals surface area contributed by atoms with Gasteiger partial charge in [-0.2, -0.15) is 4.98 Å². The number of nitrogens with one attached hydrogen (secondary N) is 1. The molecule has 1 N–H and O–H groups in total. The SMILES string of the molecule is Cc1cccc(NC(=O)CN2CCN(c3noc(-c4ccccc4)n3)CC2)c1C. The van der Waals surface area contributed by atoms with Gasteiger partial charge in [-0.3, -0.25) is 9.69 Å². The zero-order valence-electron chi connectivity index (χ0n) is 16.8. The predicted molar refractivity (Wildman–Crippen MR) is 113 cm³/mol. The van der Waals surface area contributed by atoms with Crippen molar-refractivity contribution < 1.29 is 9.32 Å². The molecule has 0 unspecified atom stereocenters. The van der Waals surface area contributed by atoms with Crippen LogP contribution in [0.5, 0.6) is 0 Å². The molecule has 29 heavy (non-hydrogen) atoms. The molecule has 1 amide bonds. The van der Waals surface area contributed by atoms with Crippen molar-refractivity contribution in [3.05, 3.63) is 59.7 Å². The molecule has 1 aromatic heterocycles. The number of hydrogen-bond donors (Lipinski definition) is 1. The lowest BCUT2D eigenvalue weighted by Crippen LogP contribution is -2.49. The average Bonchev–Trinajstić information content (AvgIpc) is 3.23. The molecule has 0 spiro atoms. The fraction of sp³-hybridized carbons (Fsp3) is 0.318. The summed E-state index contributed by atoms with van der Waals surface area (Å²) in [7, 11) is 0. The molecule has 0 saturated carbocycles. The van der Waals surface area contributed by atoms with Crippen LogP contribution < -0.4 is 10.2 Å². The first kappa shape index (κ1) is 19.1. The van der Waals surface area contributed by atoms with Crippen molar-refractivity contribution in [3.63, 3.8) is 0 Å². The third kappa shape index (κ3) is 4.46. The summed E-state index contributed by atoms with van der Waals surface area (Å²) in [4.78, 5) is 21.2. The van der Waals surface area contributed by atoms with Gasteiger partial charge in [0.2, 0.25) is 5.91 Å². The van der Waals surface area contributed by atoms with Crippen LogP contribution >= 0.6 is 0 Å². The lowest BCUT2D eigenvalue weighted by atomic mass is 10.1. The minimum Gasteiger partial charge on any atom is -0.336 e. The number of hydrogen-bond acceptors (Lipinski definition) is 6. The highest BCUT2D eigenvalue weighted by Gasteiger charge is 2.23. The Morgan fingerprint density at radius 3 is 2.55 bits per heavy atom. The summed E-state index contributed by atoms with van der Waals surface area (Å²) in [6.07, 6.45) is 0. The molecule has 7 nitrogen and oxygen atoms in total. The first-order valence-corrected chi connectivity index (χ1v) is 9.82. The van der Waals surface area contributed by atoms with Gasteiger partial charge < -0.3 is 14.7 Å². The molecular formula is C22H25N5O2. The summed E-state index contributed by atoms with van der Waals surface area (Å²) in [5, 5.41) is 7.15. The fourth-order valence-electron chi connectivity index (χ4n) is 3.43. The zero-order valence-corrected chi connectivity index (χ0v) is 16.8. The Morgan fingerprint density at radius 1 is 1.03 bits per heavy atom. The summed E-state index contributed by atoms with van der Waals surface area (Å²) in [5.41, 5.74) is 4.07. The summed E-state index contributed by atoms with van der Waals surface area (Å²) >= 11 is 0. The van der Waals surface area contributed by atoms with E-state index in [0.717, 1.165) is 43.0 Å². The molecular weight excluding hydrogens is 366 g/mol. The van der Waals surface area contributed by atoms with Crippen molar-refractivity contribution in [3.8, 4) is 11.5 Å². The third-order valence-electron chi connectivity index (χ3n) is 5.34. The molecule has 0 atom stereocenters. The van der Waals surface area contributed by atoms with Gasteiger partial charge in [0.15, 0.2) is 0 Å². The van der Waals surface area contributed by atoms with Crippen LogP contribution in [0.2, 0.25) is 0 Å². The van der Waals surface area contributed by atoms with E-state index in [9.17, 15) is 4.79 Å². The quantitative estimate of drug-likeness (QED) is 0.720. The maximum absolute atomic E-state index is 12.4. The highest BCUT2D eigenvalue weighted by molar-refractivity contribution is 5.93. The second kappa shape index (κ2) is 8.45. The summed E-state index contributed by atoms with van der Waals surface area (Å²) < 4.78 is 5.40. The van der Waals surface area contributed by atoms with E-state index in [1.54, 1.807) is 0 Å². The zero-order chi connectivity index (χ0) is 20.2. The van der Waals surface area contributed by atoms with Gasteiger partial charge in [-0.15, -0.1) is 0 Å². The van der Waals surface area contributed by atoms with E-state index in [4.69, 9.17) is 4.52 Å². The van der Waals surface area contributed by atoms with Gasteiger partial charge in [-0.1, -0.05) is 30.3 Å². The van der Waals surface area contributed by atoms with Crippen LogP contribution in [0, 0.1) is 13.8 Å². The standard InChI is InChI=1S/C22H25N5O2/c1-16-7-6-10-19(17(16)2)23-20(28)15-26-11-13-27(14-12-26)22-24-21(29-25-22)18-8-4-3-5-9-18/h3-10H,11-15H2,1-2H3,(H,23,28).